The van der Waals surface area contributed by atoms with Crippen molar-refractivity contribution in [1.29, 1.82) is 0 Å². The van der Waals surface area contributed by atoms with Gasteiger partial charge in [0, 0.05) is 39.5 Å². The Morgan fingerprint density at radius 3 is 1.34 bits per heavy atom. The minimum absolute atomic E-state index is 0.000406. The predicted octanol–water partition coefficient (Wildman–Crippen LogP) is 17.8. The summed E-state index contributed by atoms with van der Waals surface area (Å²) in [5.74, 6) is 6.29. The SMILES string of the molecule is CC(=O)C1=CC=[N+](Cc2ccccc2)C(=O)C1Br.CC(=O)c1ccc(Oc2ccccc2)cc1.CC(=O)c1ccc(Oc2ccccc2)cc1C.COc1cc(C(C)=O)cc(Cl)c1Oc1ccccc1.COc1cc(C(C)=O)ccc1Oc1ccccc1. The first kappa shape index (κ1) is 67.1. The number of alkyl halides is 1. The molecule has 0 saturated heterocycles. The number of amides is 1. The molecule has 448 valence electrons. The van der Waals surface area contributed by atoms with Gasteiger partial charge in [-0.25, -0.2) is 4.79 Å². The first-order chi connectivity index (χ1) is 42.3. The molecule has 0 bridgehead atoms. The van der Waals surface area contributed by atoms with Crippen LogP contribution in [0.2, 0.25) is 5.02 Å². The number of carbonyl (C=O) groups excluding carboxylic acids is 6. The maximum atomic E-state index is 12.1. The zero-order chi connectivity index (χ0) is 63.5. The van der Waals surface area contributed by atoms with Gasteiger partial charge in [-0.15, -0.1) is 0 Å². The molecule has 88 heavy (non-hydrogen) atoms. The van der Waals surface area contributed by atoms with Crippen molar-refractivity contribution < 1.29 is 61.8 Å². The average molecular weight is 1260 g/mol. The molecule has 1 aliphatic heterocycles. The Balaban J connectivity index is 0.000000176. The zero-order valence-electron chi connectivity index (χ0n) is 49.9. The number of ether oxygens (including phenoxy) is 6. The van der Waals surface area contributed by atoms with Gasteiger partial charge in [0.1, 0.15) is 34.5 Å². The topological polar surface area (TPSA) is 161 Å². The van der Waals surface area contributed by atoms with E-state index in [9.17, 15) is 28.8 Å². The van der Waals surface area contributed by atoms with Crippen molar-refractivity contribution in [3.63, 3.8) is 0 Å². The number of Topliss-reactive ketones (excluding diaryl/α,β-unsaturated/α-hetero) is 5. The molecule has 9 aromatic rings. The lowest BCUT2D eigenvalue weighted by Crippen LogP contribution is -2.35. The van der Waals surface area contributed by atoms with E-state index in [4.69, 9.17) is 40.0 Å². The van der Waals surface area contributed by atoms with Crippen LogP contribution in [0.25, 0.3) is 0 Å². The molecule has 1 aliphatic rings. The number of halogens is 2. The predicted molar refractivity (Wildman–Crippen MR) is 348 cm³/mol. The summed E-state index contributed by atoms with van der Waals surface area (Å²) in [6, 6.07) is 68.5. The highest BCUT2D eigenvalue weighted by Crippen LogP contribution is 2.40. The molecule has 1 unspecified atom stereocenters. The van der Waals surface area contributed by atoms with Crippen molar-refractivity contribution >= 4 is 68.6 Å². The Morgan fingerprint density at radius 1 is 0.443 bits per heavy atom. The van der Waals surface area contributed by atoms with Gasteiger partial charge in [-0.3, -0.25) is 24.0 Å². The number of nitrogens with zero attached hydrogens (tertiary/aromatic N) is 1. The first-order valence-corrected chi connectivity index (χ1v) is 28.9. The van der Waals surface area contributed by atoms with E-state index in [0.717, 1.165) is 45.4 Å². The van der Waals surface area contributed by atoms with E-state index in [2.05, 4.69) is 15.9 Å². The number of benzene rings is 9. The van der Waals surface area contributed by atoms with E-state index in [1.54, 1.807) is 98.5 Å². The minimum Gasteiger partial charge on any atom is -0.493 e. The number of allylic oxidation sites excluding steroid dienone is 1. The molecular formula is C73H66BrClNO12+. The van der Waals surface area contributed by atoms with E-state index in [1.165, 1.54) is 27.9 Å². The monoisotopic (exact) mass is 1260 g/mol. The molecule has 0 saturated carbocycles. The summed E-state index contributed by atoms with van der Waals surface area (Å²) >= 11 is 9.42. The van der Waals surface area contributed by atoms with Gasteiger partial charge in [0.15, 0.2) is 69.5 Å². The molecule has 15 heteroatoms. The van der Waals surface area contributed by atoms with Crippen LogP contribution in [0, 0.1) is 6.92 Å². The van der Waals surface area contributed by atoms with Crippen molar-refractivity contribution in [3.05, 3.63) is 275 Å². The third kappa shape index (κ3) is 20.9. The van der Waals surface area contributed by atoms with Crippen molar-refractivity contribution in [2.24, 2.45) is 0 Å². The highest BCUT2D eigenvalue weighted by molar-refractivity contribution is 9.10. The fraction of sp³-hybridized carbons (Fsp3) is 0.137. The average Bonchev–Trinajstić information content (AvgIpc) is 3.45. The van der Waals surface area contributed by atoms with Crippen LogP contribution in [-0.4, -0.2) is 64.7 Å². The standard InChI is InChI=1S/C15H13ClO3.C15H14O3.C15H14O2.C14H13BrNO2.C14H12O2/c1-10(17)11-8-13(16)15(14(9-11)18-2)19-12-6-4-3-5-7-12;1-11(16)12-8-9-14(15(10-12)17-2)18-13-6-4-3-5-7-13;1-11-10-14(8-9-15(11)12(2)16)17-13-6-4-3-5-7-13;1-10(17)12-7-8-16(14(18)13(12)15)9-11-5-3-2-4-6-11;1-11(15)12-7-9-14(10-8-12)16-13-5-3-2-4-6-13/h3-9H,1-2H3;3-10H,1-2H3;3-10H,1-2H3;2-8,13H,9H2,1H3;2-10H,1H3/q;;;+1;. The highest BCUT2D eigenvalue weighted by atomic mass is 79.9. The summed E-state index contributed by atoms with van der Waals surface area (Å²) in [5.41, 5.74) is 5.03. The number of hydrogen-bond acceptors (Lipinski definition) is 12. The second-order valence-corrected chi connectivity index (χ2v) is 20.7. The Labute approximate surface area is 526 Å². The van der Waals surface area contributed by atoms with Crippen LogP contribution in [0.3, 0.4) is 0 Å². The molecule has 0 radical (unpaired) electrons. The number of rotatable bonds is 17. The Morgan fingerprint density at radius 2 is 0.875 bits per heavy atom. The fourth-order valence-corrected chi connectivity index (χ4v) is 9.12. The van der Waals surface area contributed by atoms with Gasteiger partial charge in [-0.05, 0) is 168 Å². The van der Waals surface area contributed by atoms with Crippen LogP contribution in [-0.2, 0) is 16.1 Å². The molecule has 9 aromatic carbocycles. The summed E-state index contributed by atoms with van der Waals surface area (Å²) in [7, 11) is 3.06. The van der Waals surface area contributed by atoms with Gasteiger partial charge < -0.3 is 28.4 Å². The van der Waals surface area contributed by atoms with E-state index in [0.29, 0.717) is 62.6 Å². The molecular weight excluding hydrogens is 1200 g/mol. The summed E-state index contributed by atoms with van der Waals surface area (Å²) in [6.07, 6.45) is 3.37. The molecule has 1 heterocycles. The number of aryl methyl sites for hydroxylation is 1. The Kier molecular flexibility index (Phi) is 26.1. The summed E-state index contributed by atoms with van der Waals surface area (Å²) in [5, 5.41) is 0.341. The molecule has 0 N–H and O–H groups in total. The maximum Gasteiger partial charge on any atom is 0.405 e. The molecule has 13 nitrogen and oxygen atoms in total. The van der Waals surface area contributed by atoms with Gasteiger partial charge in [-0.1, -0.05) is 131 Å². The zero-order valence-corrected chi connectivity index (χ0v) is 52.2. The van der Waals surface area contributed by atoms with Gasteiger partial charge >= 0.3 is 5.91 Å². The quantitative estimate of drug-likeness (QED) is 0.0483. The fourth-order valence-electron chi connectivity index (χ4n) is 8.13. The van der Waals surface area contributed by atoms with E-state index in [1.807, 2.05) is 171 Å². The number of carbonyl (C=O) groups is 6. The summed E-state index contributed by atoms with van der Waals surface area (Å²) in [4.78, 5) is 67.9. The second kappa shape index (κ2) is 34.2. The lowest BCUT2D eigenvalue weighted by atomic mass is 10.1. The molecule has 0 aliphatic carbocycles. The number of para-hydroxylation sites is 4. The summed E-state index contributed by atoms with van der Waals surface area (Å²) < 4.78 is 34.8. The van der Waals surface area contributed by atoms with E-state index in [-0.39, 0.29) is 34.8 Å². The van der Waals surface area contributed by atoms with Crippen LogP contribution < -0.4 is 28.4 Å². The number of methoxy groups -OCH3 is 2. The molecule has 1 amide bonds. The molecule has 1 atom stereocenters. The van der Waals surface area contributed by atoms with Gasteiger partial charge in [0.2, 0.25) is 0 Å². The van der Waals surface area contributed by atoms with Crippen LogP contribution in [0.15, 0.2) is 236 Å². The second-order valence-electron chi connectivity index (χ2n) is 19.4. The first-order valence-electron chi connectivity index (χ1n) is 27.6. The van der Waals surface area contributed by atoms with Gasteiger partial charge in [0.25, 0.3) is 0 Å². The van der Waals surface area contributed by atoms with Gasteiger partial charge in [0.05, 0.1) is 19.2 Å². The normalized spacial score (nSPS) is 11.8. The highest BCUT2D eigenvalue weighted by Gasteiger charge is 2.34. The van der Waals surface area contributed by atoms with Crippen LogP contribution in [0.4, 0.5) is 0 Å². The van der Waals surface area contributed by atoms with Gasteiger partial charge in [-0.2, -0.15) is 4.58 Å². The third-order valence-electron chi connectivity index (χ3n) is 12.7. The molecule has 0 fully saturated rings. The van der Waals surface area contributed by atoms with Crippen molar-refractivity contribution in [1.82, 2.24) is 0 Å². The Bertz CT molecular complexity index is 3880. The van der Waals surface area contributed by atoms with Crippen LogP contribution in [0.5, 0.6) is 57.5 Å². The van der Waals surface area contributed by atoms with Crippen LogP contribution >= 0.6 is 27.5 Å². The van der Waals surface area contributed by atoms with E-state index >= 15 is 0 Å². The molecule has 10 rings (SSSR count). The molecule has 0 spiro atoms. The smallest absolute Gasteiger partial charge is 0.405 e. The largest absolute Gasteiger partial charge is 0.493 e. The lowest BCUT2D eigenvalue weighted by Gasteiger charge is -2.13. The van der Waals surface area contributed by atoms with Crippen molar-refractivity contribution in [2.45, 2.75) is 52.9 Å². The number of hydrogen-bond donors (Lipinski definition) is 0. The maximum absolute atomic E-state index is 12.1. The summed E-state index contributed by atoms with van der Waals surface area (Å²) in [6.45, 7) is 10.0. The molecule has 0 aromatic heterocycles. The lowest BCUT2D eigenvalue weighted by molar-refractivity contribution is -0.459. The number of ketones is 5. The minimum atomic E-state index is -0.538. The Hall–Kier alpha value is -10.0. The van der Waals surface area contributed by atoms with Crippen LogP contribution in [0.1, 0.15) is 87.2 Å². The van der Waals surface area contributed by atoms with E-state index < -0.39 is 4.83 Å². The third-order valence-corrected chi connectivity index (χ3v) is 13.9. The van der Waals surface area contributed by atoms with Crippen molar-refractivity contribution in [3.8, 4) is 57.5 Å². The van der Waals surface area contributed by atoms with Crippen molar-refractivity contribution in [2.75, 3.05) is 14.2 Å².